The lowest BCUT2D eigenvalue weighted by molar-refractivity contribution is 0.0954. The molecular weight excluding hydrogens is 262 g/mol. The highest BCUT2D eigenvalue weighted by Gasteiger charge is 2.13. The molecule has 102 valence electrons. The molecule has 1 aromatic rings. The maximum absolute atomic E-state index is 11.9. The fourth-order valence-corrected chi connectivity index (χ4v) is 2.25. The quantitative estimate of drug-likeness (QED) is 0.864. The Hall–Kier alpha value is -1.39. The van der Waals surface area contributed by atoms with Gasteiger partial charge in [0.2, 0.25) is 0 Å². The molecule has 19 heavy (non-hydrogen) atoms. The maximum Gasteiger partial charge on any atom is 0.271 e. The van der Waals surface area contributed by atoms with Crippen molar-refractivity contribution in [1.82, 2.24) is 10.3 Å². The number of nitrogens with zero attached hydrogens (tertiary/aromatic N) is 2. The molecule has 1 aliphatic rings. The van der Waals surface area contributed by atoms with Crippen molar-refractivity contribution in [2.45, 2.75) is 19.8 Å². The lowest BCUT2D eigenvalue weighted by Gasteiger charge is -2.25. The van der Waals surface area contributed by atoms with Crippen molar-refractivity contribution in [3.63, 3.8) is 0 Å². The summed E-state index contributed by atoms with van der Waals surface area (Å²) in [6, 6.07) is 6.85. The predicted molar refractivity (Wildman–Crippen MR) is 77.7 cm³/mol. The number of rotatable bonds is 3. The molecule has 0 aromatic heterocycles. The average molecular weight is 280 g/mol. The van der Waals surface area contributed by atoms with Crippen LogP contribution in [0.4, 0.5) is 0 Å². The molecule has 0 aliphatic carbocycles. The minimum Gasteiger partial charge on any atom is -0.303 e. The zero-order valence-electron chi connectivity index (χ0n) is 11.0. The Morgan fingerprint density at radius 1 is 1.42 bits per heavy atom. The molecule has 1 aliphatic heterocycles. The standard InChI is InChI=1S/C14H18ClN3O/c1-2-18-8-6-13(7-9-18)16-17-14(19)11-4-3-5-12(15)10-11/h3-5,10H,2,6-9H2,1H3,(H,17,19). The van der Waals surface area contributed by atoms with Gasteiger partial charge in [0, 0.05) is 42.2 Å². The molecule has 0 saturated carbocycles. The van der Waals surface area contributed by atoms with E-state index in [1.54, 1.807) is 24.3 Å². The summed E-state index contributed by atoms with van der Waals surface area (Å²) in [5, 5.41) is 4.76. The number of benzene rings is 1. The van der Waals surface area contributed by atoms with Crippen LogP contribution in [0.5, 0.6) is 0 Å². The number of halogens is 1. The number of hydrogen-bond acceptors (Lipinski definition) is 3. The molecule has 1 fully saturated rings. The van der Waals surface area contributed by atoms with E-state index in [9.17, 15) is 4.79 Å². The van der Waals surface area contributed by atoms with Crippen LogP contribution in [0, 0.1) is 0 Å². The van der Waals surface area contributed by atoms with Crippen LogP contribution in [0.15, 0.2) is 29.4 Å². The number of amides is 1. The summed E-state index contributed by atoms with van der Waals surface area (Å²) < 4.78 is 0. The molecule has 0 bridgehead atoms. The Balaban J connectivity index is 1.90. The molecule has 0 unspecified atom stereocenters. The van der Waals surface area contributed by atoms with Gasteiger partial charge in [0.25, 0.3) is 5.91 Å². The highest BCUT2D eigenvalue weighted by Crippen LogP contribution is 2.11. The Labute approximate surface area is 118 Å². The first kappa shape index (κ1) is 14.0. The van der Waals surface area contributed by atoms with Crippen LogP contribution in [-0.2, 0) is 0 Å². The van der Waals surface area contributed by atoms with Gasteiger partial charge >= 0.3 is 0 Å². The van der Waals surface area contributed by atoms with Crippen LogP contribution >= 0.6 is 11.6 Å². The van der Waals surface area contributed by atoms with Gasteiger partial charge in [-0.05, 0) is 24.7 Å². The van der Waals surface area contributed by atoms with Gasteiger partial charge in [-0.25, -0.2) is 5.43 Å². The zero-order valence-corrected chi connectivity index (χ0v) is 11.8. The summed E-state index contributed by atoms with van der Waals surface area (Å²) in [6.45, 7) is 5.26. The van der Waals surface area contributed by atoms with Crippen molar-refractivity contribution in [1.29, 1.82) is 0 Å². The van der Waals surface area contributed by atoms with Gasteiger partial charge in [-0.2, -0.15) is 5.10 Å². The zero-order chi connectivity index (χ0) is 13.7. The van der Waals surface area contributed by atoms with Crippen LogP contribution in [-0.4, -0.2) is 36.2 Å². The van der Waals surface area contributed by atoms with E-state index in [2.05, 4.69) is 22.4 Å². The summed E-state index contributed by atoms with van der Waals surface area (Å²) in [7, 11) is 0. The van der Waals surface area contributed by atoms with Gasteiger partial charge in [0.1, 0.15) is 0 Å². The largest absolute Gasteiger partial charge is 0.303 e. The van der Waals surface area contributed by atoms with Crippen LogP contribution in [0.3, 0.4) is 0 Å². The number of hydrazone groups is 1. The number of likely N-dealkylation sites (tertiary alicyclic amines) is 1. The molecule has 1 heterocycles. The Morgan fingerprint density at radius 3 is 2.79 bits per heavy atom. The minimum atomic E-state index is -0.215. The van der Waals surface area contributed by atoms with Crippen molar-refractivity contribution >= 4 is 23.2 Å². The molecule has 5 heteroatoms. The molecule has 2 rings (SSSR count). The van der Waals surface area contributed by atoms with Crippen LogP contribution < -0.4 is 5.43 Å². The summed E-state index contributed by atoms with van der Waals surface area (Å²) in [4.78, 5) is 14.2. The topological polar surface area (TPSA) is 44.7 Å². The van der Waals surface area contributed by atoms with Crippen molar-refractivity contribution in [3.05, 3.63) is 34.9 Å². The molecule has 4 nitrogen and oxygen atoms in total. The van der Waals surface area contributed by atoms with E-state index in [-0.39, 0.29) is 5.91 Å². The fraction of sp³-hybridized carbons (Fsp3) is 0.429. The first-order valence-corrected chi connectivity index (χ1v) is 6.90. The molecule has 1 saturated heterocycles. The fourth-order valence-electron chi connectivity index (χ4n) is 2.06. The Kier molecular flexibility index (Phi) is 4.93. The average Bonchev–Trinajstić information content (AvgIpc) is 2.45. The summed E-state index contributed by atoms with van der Waals surface area (Å²) in [5.74, 6) is -0.215. The molecule has 1 amide bonds. The molecule has 0 atom stereocenters. The molecular formula is C14H18ClN3O. The molecule has 1 N–H and O–H groups in total. The maximum atomic E-state index is 11.9. The van der Waals surface area contributed by atoms with Crippen molar-refractivity contribution in [2.75, 3.05) is 19.6 Å². The molecule has 0 spiro atoms. The lowest BCUT2D eigenvalue weighted by Crippen LogP contribution is -2.34. The third kappa shape index (κ3) is 4.04. The van der Waals surface area contributed by atoms with Crippen LogP contribution in [0.25, 0.3) is 0 Å². The highest BCUT2D eigenvalue weighted by atomic mass is 35.5. The van der Waals surface area contributed by atoms with E-state index in [4.69, 9.17) is 11.6 Å². The Bertz CT molecular complexity index is 477. The van der Waals surface area contributed by atoms with E-state index in [0.717, 1.165) is 38.2 Å². The number of hydrogen-bond donors (Lipinski definition) is 1. The van der Waals surface area contributed by atoms with Crippen molar-refractivity contribution in [2.24, 2.45) is 5.10 Å². The van der Waals surface area contributed by atoms with Gasteiger partial charge < -0.3 is 4.90 Å². The van der Waals surface area contributed by atoms with Crippen LogP contribution in [0.2, 0.25) is 5.02 Å². The SMILES string of the molecule is CCN1CCC(=NNC(=O)c2cccc(Cl)c2)CC1. The number of nitrogens with one attached hydrogen (secondary N) is 1. The monoisotopic (exact) mass is 279 g/mol. The normalized spacial score (nSPS) is 16.2. The first-order valence-electron chi connectivity index (χ1n) is 6.52. The number of carbonyl (C=O) groups excluding carboxylic acids is 1. The summed E-state index contributed by atoms with van der Waals surface area (Å²) in [6.07, 6.45) is 1.84. The smallest absolute Gasteiger partial charge is 0.271 e. The second kappa shape index (κ2) is 6.68. The third-order valence-corrected chi connectivity index (χ3v) is 3.52. The van der Waals surface area contributed by atoms with E-state index in [0.29, 0.717) is 10.6 Å². The second-order valence-corrected chi connectivity index (χ2v) is 5.00. The van der Waals surface area contributed by atoms with Crippen LogP contribution in [0.1, 0.15) is 30.1 Å². The summed E-state index contributed by atoms with van der Waals surface area (Å²) in [5.41, 5.74) is 4.19. The van der Waals surface area contributed by atoms with Gasteiger partial charge in [-0.3, -0.25) is 4.79 Å². The third-order valence-electron chi connectivity index (χ3n) is 3.28. The number of carbonyl (C=O) groups is 1. The highest BCUT2D eigenvalue weighted by molar-refractivity contribution is 6.30. The van der Waals surface area contributed by atoms with Gasteiger partial charge in [0.05, 0.1) is 0 Å². The Morgan fingerprint density at radius 2 is 2.16 bits per heavy atom. The van der Waals surface area contributed by atoms with Crippen molar-refractivity contribution < 1.29 is 4.79 Å². The van der Waals surface area contributed by atoms with Crippen molar-refractivity contribution in [3.8, 4) is 0 Å². The first-order chi connectivity index (χ1) is 9.19. The van der Waals surface area contributed by atoms with E-state index in [1.807, 2.05) is 0 Å². The van der Waals surface area contributed by atoms with Gasteiger partial charge in [0.15, 0.2) is 0 Å². The van der Waals surface area contributed by atoms with E-state index >= 15 is 0 Å². The molecule has 0 radical (unpaired) electrons. The minimum absolute atomic E-state index is 0.215. The van der Waals surface area contributed by atoms with E-state index < -0.39 is 0 Å². The number of piperidine rings is 1. The second-order valence-electron chi connectivity index (χ2n) is 4.56. The van der Waals surface area contributed by atoms with Gasteiger partial charge in [-0.15, -0.1) is 0 Å². The summed E-state index contributed by atoms with van der Waals surface area (Å²) >= 11 is 5.85. The lowest BCUT2D eigenvalue weighted by atomic mass is 10.1. The molecule has 1 aromatic carbocycles. The van der Waals surface area contributed by atoms with Gasteiger partial charge in [-0.1, -0.05) is 24.6 Å². The predicted octanol–water partition coefficient (Wildman–Crippen LogP) is 2.54. The van der Waals surface area contributed by atoms with E-state index in [1.165, 1.54) is 0 Å².